The highest BCUT2D eigenvalue weighted by Crippen LogP contribution is 2.21. The Labute approximate surface area is 131 Å². The highest BCUT2D eigenvalue weighted by atomic mass is 16.2. The molecule has 0 aliphatic rings. The number of ketones is 1. The molecule has 0 saturated carbocycles. The van der Waals surface area contributed by atoms with Crippen molar-refractivity contribution in [3.8, 4) is 0 Å². The molecule has 3 nitrogen and oxygen atoms in total. The Balaban J connectivity index is 2.34. The van der Waals surface area contributed by atoms with Gasteiger partial charge in [-0.3, -0.25) is 9.59 Å². The van der Waals surface area contributed by atoms with E-state index in [9.17, 15) is 9.59 Å². The number of Topliss-reactive ketones (excluding diaryl/α,β-unsaturated/α-hetero) is 1. The van der Waals surface area contributed by atoms with Crippen molar-refractivity contribution >= 4 is 11.7 Å². The summed E-state index contributed by atoms with van der Waals surface area (Å²) in [6.07, 6.45) is 0. The van der Waals surface area contributed by atoms with E-state index in [4.69, 9.17) is 0 Å². The summed E-state index contributed by atoms with van der Waals surface area (Å²) >= 11 is 0. The molecule has 114 valence electrons. The Kier molecular flexibility index (Phi) is 4.76. The molecule has 22 heavy (non-hydrogen) atoms. The van der Waals surface area contributed by atoms with Gasteiger partial charge in [-0.25, -0.2) is 0 Å². The maximum atomic E-state index is 12.8. The second-order valence-electron chi connectivity index (χ2n) is 6.30. The van der Waals surface area contributed by atoms with E-state index in [0.29, 0.717) is 5.56 Å². The van der Waals surface area contributed by atoms with Crippen LogP contribution in [0.5, 0.6) is 0 Å². The molecule has 3 heteroatoms. The highest BCUT2D eigenvalue weighted by Gasteiger charge is 2.29. The molecule has 0 heterocycles. The summed E-state index contributed by atoms with van der Waals surface area (Å²) in [7, 11) is 0. The first-order valence-electron chi connectivity index (χ1n) is 7.35. The van der Waals surface area contributed by atoms with Crippen LogP contribution in [0, 0.1) is 5.41 Å². The summed E-state index contributed by atoms with van der Waals surface area (Å²) in [6, 6.07) is 17.7. The van der Waals surface area contributed by atoms with Crippen LogP contribution in [0.4, 0.5) is 0 Å². The van der Waals surface area contributed by atoms with Gasteiger partial charge in [-0.1, -0.05) is 81.4 Å². The summed E-state index contributed by atoms with van der Waals surface area (Å²) in [5.74, 6) is -0.255. The zero-order valence-corrected chi connectivity index (χ0v) is 13.2. The van der Waals surface area contributed by atoms with Gasteiger partial charge < -0.3 is 5.32 Å². The van der Waals surface area contributed by atoms with Crippen LogP contribution in [0.3, 0.4) is 0 Å². The first kappa shape index (κ1) is 16.0. The molecule has 1 unspecified atom stereocenters. The average molecular weight is 295 g/mol. The van der Waals surface area contributed by atoms with Gasteiger partial charge >= 0.3 is 0 Å². The monoisotopic (exact) mass is 295 g/mol. The first-order chi connectivity index (χ1) is 10.4. The van der Waals surface area contributed by atoms with Gasteiger partial charge in [0.05, 0.1) is 0 Å². The smallest absolute Gasteiger partial charge is 0.226 e. The van der Waals surface area contributed by atoms with Crippen molar-refractivity contribution in [3.05, 3.63) is 71.8 Å². The third-order valence-corrected chi connectivity index (χ3v) is 3.41. The van der Waals surface area contributed by atoms with Crippen LogP contribution >= 0.6 is 0 Å². The fourth-order valence-electron chi connectivity index (χ4n) is 2.06. The summed E-state index contributed by atoms with van der Waals surface area (Å²) in [6.45, 7) is 5.49. The van der Waals surface area contributed by atoms with Crippen molar-refractivity contribution in [3.63, 3.8) is 0 Å². The number of nitrogens with one attached hydrogen (secondary N) is 1. The van der Waals surface area contributed by atoms with Gasteiger partial charge in [0.15, 0.2) is 5.78 Å². The van der Waals surface area contributed by atoms with Gasteiger partial charge in [-0.15, -0.1) is 0 Å². The number of carbonyl (C=O) groups excluding carboxylic acids is 2. The molecule has 0 aliphatic carbocycles. The van der Waals surface area contributed by atoms with Gasteiger partial charge in [0, 0.05) is 11.0 Å². The van der Waals surface area contributed by atoms with Crippen LogP contribution in [0.15, 0.2) is 60.7 Å². The van der Waals surface area contributed by atoms with Crippen molar-refractivity contribution in [1.82, 2.24) is 5.32 Å². The first-order valence-corrected chi connectivity index (χ1v) is 7.35. The second kappa shape index (κ2) is 6.56. The van der Waals surface area contributed by atoms with Crippen LogP contribution in [-0.4, -0.2) is 11.7 Å². The number of hydrogen-bond donors (Lipinski definition) is 1. The average Bonchev–Trinajstić information content (AvgIpc) is 2.52. The SMILES string of the molecule is CC(C)(C)C(=O)NC(C(=O)c1ccccc1)c1ccccc1. The summed E-state index contributed by atoms with van der Waals surface area (Å²) in [4.78, 5) is 25.1. The van der Waals surface area contributed by atoms with E-state index in [1.165, 1.54) is 0 Å². The van der Waals surface area contributed by atoms with Crippen molar-refractivity contribution in [2.45, 2.75) is 26.8 Å². The molecule has 2 aromatic rings. The molecule has 0 bridgehead atoms. The number of amides is 1. The predicted octanol–water partition coefficient (Wildman–Crippen LogP) is 3.77. The van der Waals surface area contributed by atoms with E-state index in [0.717, 1.165) is 5.56 Å². The zero-order chi connectivity index (χ0) is 16.2. The lowest BCUT2D eigenvalue weighted by atomic mass is 9.92. The lowest BCUT2D eigenvalue weighted by Crippen LogP contribution is -2.40. The largest absolute Gasteiger partial charge is 0.341 e. The molecule has 0 saturated heterocycles. The molecule has 0 radical (unpaired) electrons. The van der Waals surface area contributed by atoms with Gasteiger partial charge in [-0.2, -0.15) is 0 Å². The molecule has 2 aromatic carbocycles. The summed E-state index contributed by atoms with van der Waals surface area (Å²) in [5.41, 5.74) is 0.823. The van der Waals surface area contributed by atoms with Crippen LogP contribution in [0.25, 0.3) is 0 Å². The number of benzene rings is 2. The third kappa shape index (κ3) is 3.82. The normalized spacial score (nSPS) is 12.5. The predicted molar refractivity (Wildman–Crippen MR) is 87.6 cm³/mol. The zero-order valence-electron chi connectivity index (χ0n) is 13.2. The Morgan fingerprint density at radius 3 is 1.86 bits per heavy atom. The summed E-state index contributed by atoms with van der Waals surface area (Å²) < 4.78 is 0. The Morgan fingerprint density at radius 1 is 0.864 bits per heavy atom. The van der Waals surface area contributed by atoms with E-state index in [2.05, 4.69) is 5.32 Å². The fourth-order valence-corrected chi connectivity index (χ4v) is 2.06. The lowest BCUT2D eigenvalue weighted by Gasteiger charge is -2.24. The van der Waals surface area contributed by atoms with Crippen molar-refractivity contribution in [1.29, 1.82) is 0 Å². The van der Waals surface area contributed by atoms with Gasteiger partial charge in [-0.05, 0) is 5.56 Å². The van der Waals surface area contributed by atoms with E-state index < -0.39 is 11.5 Å². The van der Waals surface area contributed by atoms with Gasteiger partial charge in [0.25, 0.3) is 0 Å². The van der Waals surface area contributed by atoms with Crippen LogP contribution in [-0.2, 0) is 4.79 Å². The minimum absolute atomic E-state index is 0.107. The van der Waals surface area contributed by atoms with E-state index in [-0.39, 0.29) is 11.7 Å². The number of hydrogen-bond acceptors (Lipinski definition) is 2. The molecule has 0 spiro atoms. The molecular formula is C19H21NO2. The maximum Gasteiger partial charge on any atom is 0.226 e. The number of carbonyl (C=O) groups is 2. The van der Waals surface area contributed by atoms with Crippen LogP contribution in [0.1, 0.15) is 42.7 Å². The molecular weight excluding hydrogens is 274 g/mol. The molecule has 0 fully saturated rings. The number of rotatable bonds is 4. The standard InChI is InChI=1S/C19H21NO2/c1-19(2,3)18(22)20-16(14-10-6-4-7-11-14)17(21)15-12-8-5-9-13-15/h4-13,16H,1-3H3,(H,20,22). The summed E-state index contributed by atoms with van der Waals surface area (Å²) in [5, 5.41) is 2.88. The minimum atomic E-state index is -0.671. The van der Waals surface area contributed by atoms with Gasteiger partial charge in [0.1, 0.15) is 6.04 Å². The van der Waals surface area contributed by atoms with E-state index in [1.807, 2.05) is 69.3 Å². The quantitative estimate of drug-likeness (QED) is 0.873. The Bertz CT molecular complexity index is 642. The molecule has 1 amide bonds. The molecule has 1 N–H and O–H groups in total. The third-order valence-electron chi connectivity index (χ3n) is 3.41. The maximum absolute atomic E-state index is 12.8. The van der Waals surface area contributed by atoms with Crippen molar-refractivity contribution in [2.75, 3.05) is 0 Å². The fraction of sp³-hybridized carbons (Fsp3) is 0.263. The van der Waals surface area contributed by atoms with Crippen LogP contribution in [0.2, 0.25) is 0 Å². The van der Waals surface area contributed by atoms with Crippen LogP contribution < -0.4 is 5.32 Å². The van der Waals surface area contributed by atoms with E-state index in [1.54, 1.807) is 12.1 Å². The van der Waals surface area contributed by atoms with Crippen molar-refractivity contribution < 1.29 is 9.59 Å². The highest BCUT2D eigenvalue weighted by molar-refractivity contribution is 6.02. The molecule has 0 aliphatic heterocycles. The Hall–Kier alpha value is -2.42. The molecule has 0 aromatic heterocycles. The second-order valence-corrected chi connectivity index (χ2v) is 6.30. The minimum Gasteiger partial charge on any atom is -0.341 e. The van der Waals surface area contributed by atoms with Gasteiger partial charge in [0.2, 0.25) is 5.91 Å². The topological polar surface area (TPSA) is 46.2 Å². The van der Waals surface area contributed by atoms with Crippen molar-refractivity contribution in [2.24, 2.45) is 5.41 Å². The Morgan fingerprint density at radius 2 is 1.36 bits per heavy atom. The molecule has 2 rings (SSSR count). The van der Waals surface area contributed by atoms with E-state index >= 15 is 0 Å². The molecule has 1 atom stereocenters. The lowest BCUT2D eigenvalue weighted by molar-refractivity contribution is -0.129.